The van der Waals surface area contributed by atoms with Gasteiger partial charge in [0.2, 0.25) is 0 Å². The molecule has 0 bridgehead atoms. The van der Waals surface area contributed by atoms with Crippen LogP contribution in [0, 0.1) is 5.92 Å². The molecule has 1 aromatic heterocycles. The minimum absolute atomic E-state index is 0.0265. The third kappa shape index (κ3) is 5.56. The monoisotopic (exact) mass is 395 g/mol. The summed E-state index contributed by atoms with van der Waals surface area (Å²) in [6.07, 6.45) is 4.00. The molecule has 0 aliphatic heterocycles. The van der Waals surface area contributed by atoms with E-state index in [0.29, 0.717) is 30.3 Å². The zero-order chi connectivity index (χ0) is 21.0. The molecule has 6 nitrogen and oxygen atoms in total. The first-order valence-electron chi connectivity index (χ1n) is 10.0. The summed E-state index contributed by atoms with van der Waals surface area (Å²) in [5.74, 6) is 0.687. The zero-order valence-electron chi connectivity index (χ0n) is 17.4. The van der Waals surface area contributed by atoms with Gasteiger partial charge in [-0.2, -0.15) is 0 Å². The third-order valence-corrected chi connectivity index (χ3v) is 5.02. The fraction of sp³-hybridized carbons (Fsp3) is 0.435. The number of nitrogens with one attached hydrogen (secondary N) is 1. The van der Waals surface area contributed by atoms with Crippen LogP contribution < -0.4 is 5.32 Å². The van der Waals surface area contributed by atoms with E-state index in [1.165, 1.54) is 18.4 Å². The minimum atomic E-state index is -0.244. The standard InChI is InChI=1S/C23H29N3O3/c1-5-12-26(22(28)17-8-10-18(11-9-17)23(2,3)4)15-19-13-20(25-29-19)21(27)24-14-16-6-7-16/h5,8-11,13,16H,1,6-7,12,14-15H2,2-4H3,(H,24,27). The number of carbonyl (C=O) groups is 2. The van der Waals surface area contributed by atoms with Gasteiger partial charge >= 0.3 is 0 Å². The van der Waals surface area contributed by atoms with Gasteiger partial charge in [-0.05, 0) is 41.9 Å². The summed E-state index contributed by atoms with van der Waals surface area (Å²) in [5, 5.41) is 6.71. The first kappa shape index (κ1) is 20.8. The van der Waals surface area contributed by atoms with Gasteiger partial charge in [-0.1, -0.05) is 44.1 Å². The summed E-state index contributed by atoms with van der Waals surface area (Å²) in [5.41, 5.74) is 2.03. The zero-order valence-corrected chi connectivity index (χ0v) is 17.4. The van der Waals surface area contributed by atoms with Crippen LogP contribution in [0.4, 0.5) is 0 Å². The SMILES string of the molecule is C=CCN(Cc1cc(C(=O)NCC2CC2)no1)C(=O)c1ccc(C(C)(C)C)cc1. The highest BCUT2D eigenvalue weighted by Gasteiger charge is 2.23. The molecule has 2 amide bonds. The number of hydrogen-bond acceptors (Lipinski definition) is 4. The number of carbonyl (C=O) groups excluding carboxylic acids is 2. The molecule has 1 aliphatic carbocycles. The van der Waals surface area contributed by atoms with E-state index in [9.17, 15) is 9.59 Å². The Morgan fingerprint density at radius 2 is 1.97 bits per heavy atom. The van der Waals surface area contributed by atoms with Crippen molar-refractivity contribution in [3.63, 3.8) is 0 Å². The van der Waals surface area contributed by atoms with Crippen LogP contribution in [0.15, 0.2) is 47.5 Å². The molecule has 1 saturated carbocycles. The lowest BCUT2D eigenvalue weighted by Gasteiger charge is -2.22. The second-order valence-corrected chi connectivity index (χ2v) is 8.63. The van der Waals surface area contributed by atoms with E-state index < -0.39 is 0 Å². The van der Waals surface area contributed by atoms with E-state index in [0.717, 1.165) is 0 Å². The number of hydrogen-bond donors (Lipinski definition) is 1. The van der Waals surface area contributed by atoms with Gasteiger partial charge in [-0.25, -0.2) is 0 Å². The van der Waals surface area contributed by atoms with Crippen molar-refractivity contribution >= 4 is 11.8 Å². The predicted octanol–water partition coefficient (Wildman–Crippen LogP) is 3.94. The van der Waals surface area contributed by atoms with Crippen LogP contribution in [0.3, 0.4) is 0 Å². The molecule has 0 unspecified atom stereocenters. The summed E-state index contributed by atoms with van der Waals surface area (Å²) in [4.78, 5) is 26.7. The molecule has 1 fully saturated rings. The van der Waals surface area contributed by atoms with Crippen molar-refractivity contribution in [1.82, 2.24) is 15.4 Å². The maximum absolute atomic E-state index is 13.0. The highest BCUT2D eigenvalue weighted by atomic mass is 16.5. The van der Waals surface area contributed by atoms with E-state index in [4.69, 9.17) is 4.52 Å². The lowest BCUT2D eigenvalue weighted by atomic mass is 9.86. The maximum atomic E-state index is 13.0. The molecule has 0 spiro atoms. The number of nitrogens with zero attached hydrogens (tertiary/aromatic N) is 2. The van der Waals surface area contributed by atoms with Crippen LogP contribution in [0.25, 0.3) is 0 Å². The van der Waals surface area contributed by atoms with Gasteiger partial charge in [0.25, 0.3) is 11.8 Å². The maximum Gasteiger partial charge on any atom is 0.273 e. The smallest absolute Gasteiger partial charge is 0.273 e. The van der Waals surface area contributed by atoms with Crippen LogP contribution >= 0.6 is 0 Å². The van der Waals surface area contributed by atoms with E-state index in [1.54, 1.807) is 17.0 Å². The molecule has 1 N–H and O–H groups in total. The molecule has 6 heteroatoms. The van der Waals surface area contributed by atoms with Gasteiger partial charge in [-0.15, -0.1) is 6.58 Å². The van der Waals surface area contributed by atoms with Crippen LogP contribution in [-0.2, 0) is 12.0 Å². The first-order chi connectivity index (χ1) is 13.8. The van der Waals surface area contributed by atoms with E-state index in [-0.39, 0.29) is 29.5 Å². The Kier molecular flexibility index (Phi) is 6.20. The van der Waals surface area contributed by atoms with Gasteiger partial charge in [0.05, 0.1) is 6.54 Å². The number of rotatable bonds is 8. The van der Waals surface area contributed by atoms with Crippen LogP contribution in [-0.4, -0.2) is 35.0 Å². The number of amides is 2. The van der Waals surface area contributed by atoms with Crippen molar-refractivity contribution in [3.05, 3.63) is 65.6 Å². The van der Waals surface area contributed by atoms with Gasteiger partial charge in [0, 0.05) is 24.7 Å². The average Bonchev–Trinajstić information content (AvgIpc) is 3.41. The van der Waals surface area contributed by atoms with Crippen LogP contribution in [0.2, 0.25) is 0 Å². The highest BCUT2D eigenvalue weighted by molar-refractivity contribution is 5.94. The predicted molar refractivity (Wildman–Crippen MR) is 112 cm³/mol. The molecule has 1 aromatic carbocycles. The quantitative estimate of drug-likeness (QED) is 0.687. The van der Waals surface area contributed by atoms with Crippen molar-refractivity contribution in [3.8, 4) is 0 Å². The summed E-state index contributed by atoms with van der Waals surface area (Å²) >= 11 is 0. The summed E-state index contributed by atoms with van der Waals surface area (Å²) in [6.45, 7) is 11.4. The average molecular weight is 396 g/mol. The van der Waals surface area contributed by atoms with E-state index in [2.05, 4.69) is 37.8 Å². The van der Waals surface area contributed by atoms with E-state index in [1.807, 2.05) is 24.3 Å². The topological polar surface area (TPSA) is 75.4 Å². The van der Waals surface area contributed by atoms with Crippen molar-refractivity contribution < 1.29 is 14.1 Å². The summed E-state index contributed by atoms with van der Waals surface area (Å²) < 4.78 is 5.30. The fourth-order valence-corrected chi connectivity index (χ4v) is 3.00. The molecule has 29 heavy (non-hydrogen) atoms. The molecule has 0 atom stereocenters. The lowest BCUT2D eigenvalue weighted by molar-refractivity contribution is 0.0747. The Morgan fingerprint density at radius 3 is 2.55 bits per heavy atom. The molecular formula is C23H29N3O3. The van der Waals surface area contributed by atoms with Crippen molar-refractivity contribution in [2.75, 3.05) is 13.1 Å². The highest BCUT2D eigenvalue weighted by Crippen LogP contribution is 2.27. The molecule has 0 saturated heterocycles. The minimum Gasteiger partial charge on any atom is -0.359 e. The largest absolute Gasteiger partial charge is 0.359 e. The first-order valence-corrected chi connectivity index (χ1v) is 10.0. The number of benzene rings is 1. The summed E-state index contributed by atoms with van der Waals surface area (Å²) in [6, 6.07) is 9.24. The van der Waals surface area contributed by atoms with Crippen LogP contribution in [0.5, 0.6) is 0 Å². The molecule has 1 heterocycles. The van der Waals surface area contributed by atoms with Gasteiger partial charge < -0.3 is 14.7 Å². The Morgan fingerprint density at radius 1 is 1.28 bits per heavy atom. The molecular weight excluding hydrogens is 366 g/mol. The van der Waals surface area contributed by atoms with Crippen LogP contribution in [0.1, 0.15) is 65.8 Å². The Bertz CT molecular complexity index is 874. The van der Waals surface area contributed by atoms with Crippen molar-refractivity contribution in [1.29, 1.82) is 0 Å². The third-order valence-electron chi connectivity index (χ3n) is 5.02. The van der Waals surface area contributed by atoms with Crippen molar-refractivity contribution in [2.45, 2.75) is 45.6 Å². The lowest BCUT2D eigenvalue weighted by Crippen LogP contribution is -2.30. The summed E-state index contributed by atoms with van der Waals surface area (Å²) in [7, 11) is 0. The molecule has 2 aromatic rings. The van der Waals surface area contributed by atoms with E-state index >= 15 is 0 Å². The van der Waals surface area contributed by atoms with Gasteiger partial charge in [0.1, 0.15) is 0 Å². The second kappa shape index (κ2) is 8.64. The molecule has 1 aliphatic rings. The number of aromatic nitrogens is 1. The van der Waals surface area contributed by atoms with Gasteiger partial charge in [0.15, 0.2) is 11.5 Å². The normalized spacial score (nSPS) is 13.8. The second-order valence-electron chi connectivity index (χ2n) is 8.63. The fourth-order valence-electron chi connectivity index (χ4n) is 3.00. The Labute approximate surface area is 172 Å². The van der Waals surface area contributed by atoms with Crippen molar-refractivity contribution in [2.24, 2.45) is 5.92 Å². The molecule has 154 valence electrons. The van der Waals surface area contributed by atoms with Gasteiger partial charge in [-0.3, -0.25) is 9.59 Å². The Balaban J connectivity index is 1.67. The Hall–Kier alpha value is -2.89. The molecule has 3 rings (SSSR count). The molecule has 0 radical (unpaired) electrons.